The van der Waals surface area contributed by atoms with Crippen molar-refractivity contribution in [2.75, 3.05) is 13.1 Å². The van der Waals surface area contributed by atoms with Crippen LogP contribution in [0.5, 0.6) is 0 Å². The minimum atomic E-state index is 0.437. The number of rotatable bonds is 3. The molecule has 3 unspecified atom stereocenters. The standard InChI is InChI=1S/C11H21N3/c1-4-11(5-6-12)14-9(2)7-13-8-10(14)3/h9-11,13H,4-5,7-8H2,1-3H3. The van der Waals surface area contributed by atoms with Crippen molar-refractivity contribution in [3.63, 3.8) is 0 Å². The zero-order valence-corrected chi connectivity index (χ0v) is 9.45. The van der Waals surface area contributed by atoms with Gasteiger partial charge in [0.15, 0.2) is 0 Å². The van der Waals surface area contributed by atoms with E-state index in [1.54, 1.807) is 0 Å². The molecule has 1 aliphatic rings. The summed E-state index contributed by atoms with van der Waals surface area (Å²) in [5.41, 5.74) is 0. The number of nitrogens with one attached hydrogen (secondary N) is 1. The molecule has 0 bridgehead atoms. The molecule has 3 nitrogen and oxygen atoms in total. The van der Waals surface area contributed by atoms with Crippen molar-refractivity contribution >= 4 is 0 Å². The molecule has 80 valence electrons. The smallest absolute Gasteiger partial charge is 0.0638 e. The van der Waals surface area contributed by atoms with Crippen LogP contribution in [-0.4, -0.2) is 36.1 Å². The van der Waals surface area contributed by atoms with Crippen LogP contribution in [0.2, 0.25) is 0 Å². The lowest BCUT2D eigenvalue weighted by Gasteiger charge is -2.43. The van der Waals surface area contributed by atoms with Crippen LogP contribution in [0.4, 0.5) is 0 Å². The minimum absolute atomic E-state index is 0.437. The molecule has 0 aliphatic carbocycles. The summed E-state index contributed by atoms with van der Waals surface area (Å²) in [5, 5.41) is 12.2. The number of nitriles is 1. The highest BCUT2D eigenvalue weighted by Gasteiger charge is 2.29. The summed E-state index contributed by atoms with van der Waals surface area (Å²) in [6.45, 7) is 8.74. The number of nitrogens with zero attached hydrogens (tertiary/aromatic N) is 2. The third kappa shape index (κ3) is 2.46. The van der Waals surface area contributed by atoms with Gasteiger partial charge in [0.2, 0.25) is 0 Å². The topological polar surface area (TPSA) is 39.1 Å². The van der Waals surface area contributed by atoms with Gasteiger partial charge < -0.3 is 5.32 Å². The maximum Gasteiger partial charge on any atom is 0.0638 e. The average molecular weight is 195 g/mol. The van der Waals surface area contributed by atoms with Gasteiger partial charge in [-0.1, -0.05) is 6.92 Å². The van der Waals surface area contributed by atoms with E-state index in [4.69, 9.17) is 5.26 Å². The SMILES string of the molecule is CCC(CC#N)N1C(C)CNCC1C. The highest BCUT2D eigenvalue weighted by Crippen LogP contribution is 2.18. The lowest BCUT2D eigenvalue weighted by Crippen LogP contribution is -2.58. The van der Waals surface area contributed by atoms with E-state index >= 15 is 0 Å². The summed E-state index contributed by atoms with van der Waals surface area (Å²) in [6, 6.07) is 3.84. The molecule has 0 radical (unpaired) electrons. The maximum atomic E-state index is 8.78. The van der Waals surface area contributed by atoms with Crippen LogP contribution in [0.1, 0.15) is 33.6 Å². The molecule has 1 aliphatic heterocycles. The Morgan fingerprint density at radius 3 is 2.43 bits per heavy atom. The van der Waals surface area contributed by atoms with Crippen LogP contribution < -0.4 is 5.32 Å². The van der Waals surface area contributed by atoms with Crippen LogP contribution >= 0.6 is 0 Å². The second-order valence-corrected chi connectivity index (χ2v) is 4.23. The second-order valence-electron chi connectivity index (χ2n) is 4.23. The Labute approximate surface area is 87.1 Å². The summed E-state index contributed by atoms with van der Waals surface area (Å²) in [5.74, 6) is 0. The highest BCUT2D eigenvalue weighted by atomic mass is 15.3. The highest BCUT2D eigenvalue weighted by molar-refractivity contribution is 4.91. The second kappa shape index (κ2) is 5.33. The monoisotopic (exact) mass is 195 g/mol. The molecule has 0 aromatic heterocycles. The third-order valence-corrected chi connectivity index (χ3v) is 3.12. The Morgan fingerprint density at radius 2 is 2.00 bits per heavy atom. The molecular weight excluding hydrogens is 174 g/mol. The normalized spacial score (nSPS) is 31.0. The van der Waals surface area contributed by atoms with Crippen LogP contribution in [0.25, 0.3) is 0 Å². The lowest BCUT2D eigenvalue weighted by molar-refractivity contribution is 0.0662. The molecule has 0 amide bonds. The largest absolute Gasteiger partial charge is 0.314 e. The molecule has 3 atom stereocenters. The molecule has 0 aromatic rings. The Hall–Kier alpha value is -0.590. The minimum Gasteiger partial charge on any atom is -0.314 e. The predicted molar refractivity (Wildman–Crippen MR) is 57.9 cm³/mol. The van der Waals surface area contributed by atoms with Crippen molar-refractivity contribution in [3.05, 3.63) is 0 Å². The van der Waals surface area contributed by atoms with E-state index in [0.717, 1.165) is 19.5 Å². The fourth-order valence-electron chi connectivity index (χ4n) is 2.43. The van der Waals surface area contributed by atoms with E-state index in [9.17, 15) is 0 Å². The van der Waals surface area contributed by atoms with E-state index < -0.39 is 0 Å². The first kappa shape index (κ1) is 11.5. The Morgan fingerprint density at radius 1 is 1.43 bits per heavy atom. The number of hydrogen-bond donors (Lipinski definition) is 1. The van der Waals surface area contributed by atoms with Gasteiger partial charge in [0.1, 0.15) is 0 Å². The number of hydrogen-bond acceptors (Lipinski definition) is 3. The first-order valence-electron chi connectivity index (χ1n) is 5.55. The Kier molecular flexibility index (Phi) is 4.37. The summed E-state index contributed by atoms with van der Waals surface area (Å²) in [6.07, 6.45) is 1.73. The summed E-state index contributed by atoms with van der Waals surface area (Å²) in [4.78, 5) is 2.50. The van der Waals surface area contributed by atoms with Crippen molar-refractivity contribution in [3.8, 4) is 6.07 Å². The van der Waals surface area contributed by atoms with Crippen molar-refractivity contribution in [1.29, 1.82) is 5.26 Å². The van der Waals surface area contributed by atoms with Gasteiger partial charge in [0, 0.05) is 31.2 Å². The van der Waals surface area contributed by atoms with Crippen LogP contribution in [0, 0.1) is 11.3 Å². The fourth-order valence-corrected chi connectivity index (χ4v) is 2.43. The van der Waals surface area contributed by atoms with Crippen LogP contribution in [0.3, 0.4) is 0 Å². The summed E-state index contributed by atoms with van der Waals surface area (Å²) >= 11 is 0. The van der Waals surface area contributed by atoms with E-state index in [-0.39, 0.29) is 0 Å². The molecule has 0 aromatic carbocycles. The Balaban J connectivity index is 2.65. The van der Waals surface area contributed by atoms with Crippen molar-refractivity contribution < 1.29 is 0 Å². The van der Waals surface area contributed by atoms with E-state index in [1.807, 2.05) is 0 Å². The van der Waals surface area contributed by atoms with Gasteiger partial charge in [-0.25, -0.2) is 0 Å². The summed E-state index contributed by atoms with van der Waals surface area (Å²) < 4.78 is 0. The van der Waals surface area contributed by atoms with Gasteiger partial charge in [0.25, 0.3) is 0 Å². The fraction of sp³-hybridized carbons (Fsp3) is 0.909. The molecule has 14 heavy (non-hydrogen) atoms. The van der Waals surface area contributed by atoms with Gasteiger partial charge in [-0.3, -0.25) is 4.90 Å². The van der Waals surface area contributed by atoms with Gasteiger partial charge in [-0.2, -0.15) is 5.26 Å². The van der Waals surface area contributed by atoms with Crippen molar-refractivity contribution in [2.45, 2.75) is 51.7 Å². The van der Waals surface area contributed by atoms with Gasteiger partial charge >= 0.3 is 0 Å². The molecule has 0 saturated carbocycles. The molecule has 1 saturated heterocycles. The van der Waals surface area contributed by atoms with Crippen LogP contribution in [0.15, 0.2) is 0 Å². The van der Waals surface area contributed by atoms with E-state index in [0.29, 0.717) is 24.5 Å². The molecule has 1 fully saturated rings. The van der Waals surface area contributed by atoms with Crippen molar-refractivity contribution in [2.24, 2.45) is 0 Å². The molecular formula is C11H21N3. The first-order valence-corrected chi connectivity index (χ1v) is 5.55. The van der Waals surface area contributed by atoms with Crippen LogP contribution in [-0.2, 0) is 0 Å². The first-order chi connectivity index (χ1) is 6.70. The zero-order valence-electron chi connectivity index (χ0n) is 9.45. The predicted octanol–water partition coefficient (Wildman–Crippen LogP) is 1.36. The zero-order chi connectivity index (χ0) is 10.6. The molecule has 0 spiro atoms. The number of piperazine rings is 1. The average Bonchev–Trinajstić information content (AvgIpc) is 2.16. The lowest BCUT2D eigenvalue weighted by atomic mass is 10.0. The molecule has 1 N–H and O–H groups in total. The molecule has 1 heterocycles. The van der Waals surface area contributed by atoms with Gasteiger partial charge in [-0.05, 0) is 20.3 Å². The maximum absolute atomic E-state index is 8.78. The summed E-state index contributed by atoms with van der Waals surface area (Å²) in [7, 11) is 0. The quantitative estimate of drug-likeness (QED) is 0.739. The van der Waals surface area contributed by atoms with Gasteiger partial charge in [-0.15, -0.1) is 0 Å². The molecule has 3 heteroatoms. The van der Waals surface area contributed by atoms with Crippen molar-refractivity contribution in [1.82, 2.24) is 10.2 Å². The van der Waals surface area contributed by atoms with Gasteiger partial charge in [0.05, 0.1) is 12.5 Å². The van der Waals surface area contributed by atoms with E-state index in [1.165, 1.54) is 0 Å². The Bertz CT molecular complexity index is 199. The molecule has 1 rings (SSSR count). The third-order valence-electron chi connectivity index (χ3n) is 3.12. The van der Waals surface area contributed by atoms with E-state index in [2.05, 4.69) is 37.1 Å².